The lowest BCUT2D eigenvalue weighted by Gasteiger charge is -2.15. The minimum absolute atomic E-state index is 0.755. The molecule has 1 unspecified atom stereocenters. The highest BCUT2D eigenvalue weighted by Gasteiger charge is 2.44. The predicted molar refractivity (Wildman–Crippen MR) is 42.4 cm³/mol. The summed E-state index contributed by atoms with van der Waals surface area (Å²) >= 11 is 0. The first-order valence-corrected chi connectivity index (χ1v) is 4.03. The molecule has 0 amide bonds. The van der Waals surface area contributed by atoms with Gasteiger partial charge >= 0.3 is 0 Å². The van der Waals surface area contributed by atoms with Gasteiger partial charge in [-0.3, -0.25) is 0 Å². The largest absolute Gasteiger partial charge is 0.493 e. The summed E-state index contributed by atoms with van der Waals surface area (Å²) in [5.41, 5.74) is 1.35. The van der Waals surface area contributed by atoms with Crippen LogP contribution in [0.5, 0.6) is 5.75 Å². The van der Waals surface area contributed by atoms with Crippen molar-refractivity contribution < 1.29 is 4.74 Å². The van der Waals surface area contributed by atoms with Crippen LogP contribution in [0.4, 0.5) is 0 Å². The fourth-order valence-corrected chi connectivity index (χ4v) is 1.74. The minimum atomic E-state index is 0.755. The molecule has 55 valence electrons. The summed E-state index contributed by atoms with van der Waals surface area (Å²) < 4.78 is 5.56. The van der Waals surface area contributed by atoms with Gasteiger partial charge in [-0.25, -0.2) is 0 Å². The zero-order valence-electron chi connectivity index (χ0n) is 6.21. The molecule has 2 aliphatic rings. The van der Waals surface area contributed by atoms with Gasteiger partial charge in [-0.15, -0.1) is 0 Å². The molecule has 1 radical (unpaired) electrons. The maximum absolute atomic E-state index is 5.56. The Morgan fingerprint density at radius 3 is 3.18 bits per heavy atom. The third-order valence-corrected chi connectivity index (χ3v) is 2.47. The van der Waals surface area contributed by atoms with E-state index in [0.29, 0.717) is 0 Å². The summed E-state index contributed by atoms with van der Waals surface area (Å²) in [7, 11) is 0. The molecule has 1 heterocycles. The summed E-state index contributed by atoms with van der Waals surface area (Å²) in [6.07, 6.45) is 1.26. The van der Waals surface area contributed by atoms with Gasteiger partial charge in [0.25, 0.3) is 0 Å². The molecule has 3 rings (SSSR count). The topological polar surface area (TPSA) is 9.23 Å². The van der Waals surface area contributed by atoms with Crippen molar-refractivity contribution in [2.75, 3.05) is 6.61 Å². The van der Waals surface area contributed by atoms with Crippen LogP contribution in [0.1, 0.15) is 12.0 Å². The molecule has 11 heavy (non-hydrogen) atoms. The van der Waals surface area contributed by atoms with Crippen molar-refractivity contribution in [2.24, 2.45) is 5.92 Å². The fourth-order valence-electron chi connectivity index (χ4n) is 1.74. The number of hydrogen-bond donors (Lipinski definition) is 0. The van der Waals surface area contributed by atoms with Crippen molar-refractivity contribution in [1.82, 2.24) is 0 Å². The van der Waals surface area contributed by atoms with E-state index in [0.717, 1.165) is 18.3 Å². The molecule has 1 saturated carbocycles. The molecule has 1 aliphatic carbocycles. The van der Waals surface area contributed by atoms with E-state index >= 15 is 0 Å². The number of benzene rings is 1. The summed E-state index contributed by atoms with van der Waals surface area (Å²) in [4.78, 5) is 0. The summed E-state index contributed by atoms with van der Waals surface area (Å²) in [6, 6.07) is 8.32. The van der Waals surface area contributed by atoms with E-state index in [-0.39, 0.29) is 0 Å². The van der Waals surface area contributed by atoms with Gasteiger partial charge in [0.1, 0.15) is 5.75 Å². The highest BCUT2D eigenvalue weighted by molar-refractivity contribution is 5.51. The first kappa shape index (κ1) is 5.64. The smallest absolute Gasteiger partial charge is 0.123 e. The van der Waals surface area contributed by atoms with Gasteiger partial charge in [0.05, 0.1) is 6.61 Å². The lowest BCUT2D eigenvalue weighted by atomic mass is 10.1. The number of hydrogen-bond acceptors (Lipinski definition) is 1. The number of fused-ring (bicyclic) bond motifs is 3. The van der Waals surface area contributed by atoms with Gasteiger partial charge < -0.3 is 4.74 Å². The van der Waals surface area contributed by atoms with Crippen LogP contribution in [0.2, 0.25) is 0 Å². The normalized spacial score (nSPS) is 26.7. The molecule has 0 bridgehead atoms. The summed E-state index contributed by atoms with van der Waals surface area (Å²) in [6.45, 7) is 0.909. The van der Waals surface area contributed by atoms with E-state index in [1.54, 1.807) is 5.92 Å². The van der Waals surface area contributed by atoms with Gasteiger partial charge in [-0.1, -0.05) is 18.2 Å². The molecule has 1 nitrogen and oxygen atoms in total. The Morgan fingerprint density at radius 2 is 2.18 bits per heavy atom. The van der Waals surface area contributed by atoms with E-state index in [1.807, 2.05) is 6.07 Å². The Kier molecular flexibility index (Phi) is 0.916. The van der Waals surface area contributed by atoms with Crippen LogP contribution >= 0.6 is 0 Å². The Balaban J connectivity index is 2.14. The van der Waals surface area contributed by atoms with E-state index in [4.69, 9.17) is 4.74 Å². The zero-order chi connectivity index (χ0) is 7.26. The number of ether oxygens (including phenoxy) is 1. The molecule has 0 N–H and O–H groups in total. The highest BCUT2D eigenvalue weighted by atomic mass is 16.5. The fraction of sp³-hybridized carbons (Fsp3) is 0.300. The van der Waals surface area contributed by atoms with Crippen LogP contribution in [-0.4, -0.2) is 6.61 Å². The second kappa shape index (κ2) is 1.79. The molecular weight excluding hydrogens is 136 g/mol. The van der Waals surface area contributed by atoms with E-state index < -0.39 is 0 Å². The van der Waals surface area contributed by atoms with Crippen molar-refractivity contribution in [2.45, 2.75) is 6.42 Å². The summed E-state index contributed by atoms with van der Waals surface area (Å²) in [5, 5.41) is 0. The SMILES string of the molecule is c1ccc2c(c1)OCC1C[C]21. The Morgan fingerprint density at radius 1 is 1.27 bits per heavy atom. The van der Waals surface area contributed by atoms with Crippen molar-refractivity contribution >= 4 is 0 Å². The van der Waals surface area contributed by atoms with Crippen molar-refractivity contribution in [3.05, 3.63) is 35.7 Å². The third-order valence-electron chi connectivity index (χ3n) is 2.47. The molecular formula is C10H9O. The van der Waals surface area contributed by atoms with Crippen LogP contribution in [-0.2, 0) is 0 Å². The molecule has 0 spiro atoms. The highest BCUT2D eigenvalue weighted by Crippen LogP contribution is 2.52. The number of rotatable bonds is 0. The second-order valence-corrected chi connectivity index (χ2v) is 3.23. The molecule has 1 fully saturated rings. The molecule has 1 atom stereocenters. The van der Waals surface area contributed by atoms with Crippen molar-refractivity contribution in [1.29, 1.82) is 0 Å². The first-order valence-electron chi connectivity index (χ1n) is 4.03. The van der Waals surface area contributed by atoms with Crippen molar-refractivity contribution in [3.8, 4) is 5.75 Å². The Labute approximate surface area is 66.0 Å². The maximum Gasteiger partial charge on any atom is 0.123 e. The van der Waals surface area contributed by atoms with Gasteiger partial charge in [0, 0.05) is 17.4 Å². The van der Waals surface area contributed by atoms with Crippen LogP contribution in [0.15, 0.2) is 24.3 Å². The van der Waals surface area contributed by atoms with Crippen molar-refractivity contribution in [3.63, 3.8) is 0 Å². The second-order valence-electron chi connectivity index (χ2n) is 3.23. The first-order chi connectivity index (χ1) is 5.45. The standard InChI is InChI=1S/C10H9O/c1-2-4-10-8(3-1)9-5-7(9)6-11-10/h1-4,7H,5-6H2. The third kappa shape index (κ3) is 0.710. The van der Waals surface area contributed by atoms with E-state index in [9.17, 15) is 0 Å². The maximum atomic E-state index is 5.56. The zero-order valence-corrected chi connectivity index (χ0v) is 6.21. The minimum Gasteiger partial charge on any atom is -0.493 e. The average molecular weight is 145 g/mol. The van der Waals surface area contributed by atoms with E-state index in [2.05, 4.69) is 18.2 Å². The van der Waals surface area contributed by atoms with Gasteiger partial charge in [0.2, 0.25) is 0 Å². The quantitative estimate of drug-likeness (QED) is 0.542. The molecule has 0 saturated heterocycles. The Bertz CT molecular complexity index is 293. The predicted octanol–water partition coefficient (Wildman–Crippen LogP) is 2.02. The van der Waals surface area contributed by atoms with Gasteiger partial charge in [0.15, 0.2) is 0 Å². The monoisotopic (exact) mass is 145 g/mol. The number of para-hydroxylation sites is 1. The lowest BCUT2D eigenvalue weighted by Crippen LogP contribution is -2.07. The van der Waals surface area contributed by atoms with Gasteiger partial charge in [-0.05, 0) is 12.5 Å². The van der Waals surface area contributed by atoms with Crippen LogP contribution < -0.4 is 4.74 Å². The summed E-state index contributed by atoms with van der Waals surface area (Å²) in [5.74, 6) is 3.44. The van der Waals surface area contributed by atoms with Crippen LogP contribution in [0.25, 0.3) is 0 Å². The van der Waals surface area contributed by atoms with E-state index in [1.165, 1.54) is 12.0 Å². The van der Waals surface area contributed by atoms with Crippen LogP contribution in [0.3, 0.4) is 0 Å². The lowest BCUT2D eigenvalue weighted by molar-refractivity contribution is 0.290. The average Bonchev–Trinajstić information content (AvgIpc) is 2.83. The van der Waals surface area contributed by atoms with Gasteiger partial charge in [-0.2, -0.15) is 0 Å². The molecule has 1 aromatic rings. The molecule has 1 heteroatoms. The Hall–Kier alpha value is -0.980. The molecule has 0 aromatic heterocycles. The molecule has 1 aliphatic heterocycles. The molecule has 1 aromatic carbocycles. The van der Waals surface area contributed by atoms with Crippen LogP contribution in [0, 0.1) is 11.8 Å².